The maximum atomic E-state index is 12.6. The zero-order valence-corrected chi connectivity index (χ0v) is 16.7. The van der Waals surface area contributed by atoms with Gasteiger partial charge in [-0.15, -0.1) is 11.3 Å². The molecule has 11 heteroatoms. The van der Waals surface area contributed by atoms with Gasteiger partial charge in [0.1, 0.15) is 11.7 Å². The van der Waals surface area contributed by atoms with Gasteiger partial charge in [-0.2, -0.15) is 10.2 Å². The van der Waals surface area contributed by atoms with Crippen molar-refractivity contribution >= 4 is 34.1 Å². The van der Waals surface area contributed by atoms with Crippen LogP contribution in [0.25, 0.3) is 0 Å². The van der Waals surface area contributed by atoms with Gasteiger partial charge in [-0.3, -0.25) is 19.0 Å². The molecule has 0 bridgehead atoms. The molecule has 3 rings (SSSR count). The van der Waals surface area contributed by atoms with E-state index in [2.05, 4.69) is 15.5 Å². The molecule has 0 aromatic carbocycles. The lowest BCUT2D eigenvalue weighted by Crippen LogP contribution is -2.17. The summed E-state index contributed by atoms with van der Waals surface area (Å²) in [5.74, 6) is -1.82. The van der Waals surface area contributed by atoms with Gasteiger partial charge in [-0.05, 0) is 31.0 Å². The van der Waals surface area contributed by atoms with Crippen LogP contribution in [0.5, 0.6) is 0 Å². The van der Waals surface area contributed by atoms with Crippen molar-refractivity contribution < 1.29 is 19.1 Å². The lowest BCUT2D eigenvalue weighted by molar-refractivity contribution is 0.0506. The molecule has 152 valence electrons. The summed E-state index contributed by atoms with van der Waals surface area (Å²) in [7, 11) is 0. The van der Waals surface area contributed by atoms with Gasteiger partial charge in [-0.25, -0.2) is 4.79 Å². The fraction of sp³-hybridized carbons (Fsp3) is 0.278. The van der Waals surface area contributed by atoms with Crippen molar-refractivity contribution in [3.05, 3.63) is 52.4 Å². The van der Waals surface area contributed by atoms with Crippen LogP contribution in [-0.2, 0) is 11.4 Å². The van der Waals surface area contributed by atoms with E-state index in [1.54, 1.807) is 47.0 Å². The van der Waals surface area contributed by atoms with Gasteiger partial charge in [0, 0.05) is 18.6 Å². The number of nitrogens with zero attached hydrogens (tertiary/aromatic N) is 4. The minimum Gasteiger partial charge on any atom is -0.462 e. The number of carbonyl (C=O) groups excluding carboxylic acids is 3. The number of nitrogens with two attached hydrogens (primary N) is 1. The number of esters is 1. The average Bonchev–Trinajstić information content (AvgIpc) is 3.41. The summed E-state index contributed by atoms with van der Waals surface area (Å²) in [6.07, 6.45) is 5.70. The number of carbonyl (C=O) groups is 3. The maximum absolute atomic E-state index is 12.6. The number of aromatic nitrogens is 4. The second-order valence-corrected chi connectivity index (χ2v) is 7.16. The molecule has 3 aromatic rings. The largest absolute Gasteiger partial charge is 0.462 e. The van der Waals surface area contributed by atoms with E-state index in [9.17, 15) is 14.4 Å². The molecule has 0 atom stereocenters. The third kappa shape index (κ3) is 4.51. The molecular weight excluding hydrogens is 396 g/mol. The van der Waals surface area contributed by atoms with E-state index in [1.165, 1.54) is 0 Å². The van der Waals surface area contributed by atoms with Crippen molar-refractivity contribution in [3.63, 3.8) is 0 Å². The SMILES string of the molecule is CCCOC(=O)c1c(NC(=O)c2ccn(Cn3cccn3)n2)sc(C(N)=O)c1C. The van der Waals surface area contributed by atoms with E-state index >= 15 is 0 Å². The Kier molecular flexibility index (Phi) is 6.07. The number of anilines is 1. The Labute approximate surface area is 170 Å². The van der Waals surface area contributed by atoms with E-state index in [0.717, 1.165) is 11.3 Å². The van der Waals surface area contributed by atoms with E-state index in [4.69, 9.17) is 10.5 Å². The fourth-order valence-electron chi connectivity index (χ4n) is 2.61. The first-order valence-electron chi connectivity index (χ1n) is 8.83. The van der Waals surface area contributed by atoms with Gasteiger partial charge in [0.25, 0.3) is 11.8 Å². The first-order valence-corrected chi connectivity index (χ1v) is 9.65. The molecule has 0 fully saturated rings. The molecule has 0 aliphatic carbocycles. The van der Waals surface area contributed by atoms with Gasteiger partial charge in [0.15, 0.2) is 5.69 Å². The molecule has 0 saturated carbocycles. The molecule has 0 spiro atoms. The van der Waals surface area contributed by atoms with Crippen molar-refractivity contribution in [2.24, 2.45) is 5.73 Å². The highest BCUT2D eigenvalue weighted by molar-refractivity contribution is 7.18. The molecule has 2 amide bonds. The lowest BCUT2D eigenvalue weighted by Gasteiger charge is -2.07. The van der Waals surface area contributed by atoms with Crippen LogP contribution >= 0.6 is 11.3 Å². The van der Waals surface area contributed by atoms with Crippen LogP contribution < -0.4 is 11.1 Å². The number of thiophene rings is 1. The molecule has 0 aliphatic rings. The van der Waals surface area contributed by atoms with Crippen molar-refractivity contribution in [1.29, 1.82) is 0 Å². The number of ether oxygens (including phenoxy) is 1. The first-order chi connectivity index (χ1) is 13.9. The molecule has 0 aliphatic heterocycles. The summed E-state index contributed by atoms with van der Waals surface area (Å²) < 4.78 is 8.38. The van der Waals surface area contributed by atoms with E-state index < -0.39 is 17.8 Å². The highest BCUT2D eigenvalue weighted by Gasteiger charge is 2.26. The summed E-state index contributed by atoms with van der Waals surface area (Å²) in [6, 6.07) is 3.33. The Balaban J connectivity index is 1.82. The van der Waals surface area contributed by atoms with Gasteiger partial charge >= 0.3 is 5.97 Å². The lowest BCUT2D eigenvalue weighted by atomic mass is 10.1. The maximum Gasteiger partial charge on any atom is 0.341 e. The summed E-state index contributed by atoms with van der Waals surface area (Å²) in [5.41, 5.74) is 6.04. The van der Waals surface area contributed by atoms with Crippen LogP contribution in [0.15, 0.2) is 30.7 Å². The smallest absolute Gasteiger partial charge is 0.341 e. The third-order valence-corrected chi connectivity index (χ3v) is 5.18. The quantitative estimate of drug-likeness (QED) is 0.539. The second-order valence-electron chi connectivity index (χ2n) is 6.14. The summed E-state index contributed by atoms with van der Waals surface area (Å²) in [5, 5.41) is 11.1. The van der Waals surface area contributed by atoms with Crippen LogP contribution in [0, 0.1) is 6.92 Å². The Hall–Kier alpha value is -3.47. The highest BCUT2D eigenvalue weighted by Crippen LogP contribution is 2.33. The van der Waals surface area contributed by atoms with Crippen molar-refractivity contribution in [2.45, 2.75) is 26.9 Å². The summed E-state index contributed by atoms with van der Waals surface area (Å²) >= 11 is 0.934. The summed E-state index contributed by atoms with van der Waals surface area (Å²) in [4.78, 5) is 36.9. The second kappa shape index (κ2) is 8.69. The molecule has 0 unspecified atom stereocenters. The topological polar surface area (TPSA) is 134 Å². The van der Waals surface area contributed by atoms with Crippen LogP contribution in [0.2, 0.25) is 0 Å². The Bertz CT molecular complexity index is 1040. The van der Waals surface area contributed by atoms with E-state index in [1.807, 2.05) is 6.92 Å². The number of hydrogen-bond acceptors (Lipinski definition) is 7. The Morgan fingerprint density at radius 1 is 1.28 bits per heavy atom. The fourth-order valence-corrected chi connectivity index (χ4v) is 3.65. The van der Waals surface area contributed by atoms with Crippen molar-refractivity contribution in [3.8, 4) is 0 Å². The van der Waals surface area contributed by atoms with Crippen LogP contribution in [0.1, 0.15) is 49.4 Å². The predicted octanol–water partition coefficient (Wildman–Crippen LogP) is 1.87. The van der Waals surface area contributed by atoms with E-state index in [-0.39, 0.29) is 27.7 Å². The Morgan fingerprint density at radius 3 is 2.72 bits per heavy atom. The molecule has 0 radical (unpaired) electrons. The molecule has 3 N–H and O–H groups in total. The third-order valence-electron chi connectivity index (χ3n) is 3.96. The molecule has 3 heterocycles. The first kappa shape index (κ1) is 20.3. The number of primary amides is 1. The van der Waals surface area contributed by atoms with Crippen LogP contribution in [-0.4, -0.2) is 44.0 Å². The molecule has 29 heavy (non-hydrogen) atoms. The normalized spacial score (nSPS) is 10.7. The van der Waals surface area contributed by atoms with E-state index in [0.29, 0.717) is 18.7 Å². The van der Waals surface area contributed by atoms with Gasteiger partial charge in [0.05, 0.1) is 17.0 Å². The predicted molar refractivity (Wildman–Crippen MR) is 106 cm³/mol. The van der Waals surface area contributed by atoms with Gasteiger partial charge in [0.2, 0.25) is 0 Å². The summed E-state index contributed by atoms with van der Waals surface area (Å²) in [6.45, 7) is 4.03. The van der Waals surface area contributed by atoms with Crippen molar-refractivity contribution in [1.82, 2.24) is 19.6 Å². The van der Waals surface area contributed by atoms with Crippen LogP contribution in [0.4, 0.5) is 5.00 Å². The number of amides is 2. The van der Waals surface area contributed by atoms with Crippen LogP contribution in [0.3, 0.4) is 0 Å². The average molecular weight is 416 g/mol. The highest BCUT2D eigenvalue weighted by atomic mass is 32.1. The van der Waals surface area contributed by atoms with Gasteiger partial charge < -0.3 is 15.8 Å². The molecule has 10 nitrogen and oxygen atoms in total. The zero-order chi connectivity index (χ0) is 21.0. The minimum absolute atomic E-state index is 0.126. The molecular formula is C18H20N6O4S. The molecule has 3 aromatic heterocycles. The van der Waals surface area contributed by atoms with Gasteiger partial charge in [-0.1, -0.05) is 6.92 Å². The monoisotopic (exact) mass is 416 g/mol. The number of nitrogens with one attached hydrogen (secondary N) is 1. The standard InChI is InChI=1S/C18H20N6O4S/c1-3-9-28-18(27)13-11(2)14(15(19)25)29-17(13)21-16(26)12-5-8-24(22-12)10-23-7-4-6-20-23/h4-8H,3,9-10H2,1-2H3,(H2,19,25)(H,21,26). The Morgan fingerprint density at radius 2 is 2.07 bits per heavy atom. The zero-order valence-electron chi connectivity index (χ0n) is 15.9. The molecule has 0 saturated heterocycles. The number of rotatable bonds is 8. The van der Waals surface area contributed by atoms with Crippen molar-refractivity contribution in [2.75, 3.05) is 11.9 Å². The minimum atomic E-state index is -0.680. The number of hydrogen-bond donors (Lipinski definition) is 2.